The van der Waals surface area contributed by atoms with Crippen molar-refractivity contribution in [2.75, 3.05) is 18.0 Å². The molecule has 90 valence electrons. The molecule has 0 N–H and O–H groups in total. The molecule has 17 heavy (non-hydrogen) atoms. The summed E-state index contributed by atoms with van der Waals surface area (Å²) in [6, 6.07) is 8.39. The van der Waals surface area contributed by atoms with Crippen molar-refractivity contribution in [3.8, 4) is 6.07 Å². The number of benzene rings is 1. The standard InChI is InChI=1S/C15H20N2/c1-3-4-13-7-8-17(11-13)15-6-5-14(10-16)12(2)9-15/h5-6,9,13H,3-4,7-8,11H2,1-2H3. The van der Waals surface area contributed by atoms with E-state index in [0.29, 0.717) is 0 Å². The molecule has 0 aromatic heterocycles. The number of anilines is 1. The van der Waals surface area contributed by atoms with Gasteiger partial charge in [-0.05, 0) is 49.4 Å². The predicted molar refractivity (Wildman–Crippen MR) is 71.1 cm³/mol. The van der Waals surface area contributed by atoms with Crippen molar-refractivity contribution in [2.24, 2.45) is 5.92 Å². The lowest BCUT2D eigenvalue weighted by atomic mass is 10.0. The minimum absolute atomic E-state index is 0.790. The van der Waals surface area contributed by atoms with Gasteiger partial charge in [0, 0.05) is 18.8 Å². The molecule has 1 fully saturated rings. The Kier molecular flexibility index (Phi) is 3.68. The Hall–Kier alpha value is -1.49. The average molecular weight is 228 g/mol. The zero-order valence-electron chi connectivity index (χ0n) is 10.7. The van der Waals surface area contributed by atoms with Crippen molar-refractivity contribution in [3.05, 3.63) is 29.3 Å². The van der Waals surface area contributed by atoms with Gasteiger partial charge in [0.15, 0.2) is 0 Å². The Labute approximate surface area is 104 Å². The van der Waals surface area contributed by atoms with Gasteiger partial charge in [-0.2, -0.15) is 5.26 Å². The zero-order valence-corrected chi connectivity index (χ0v) is 10.7. The molecule has 0 aliphatic carbocycles. The summed E-state index contributed by atoms with van der Waals surface area (Å²) in [6.45, 7) is 6.62. The number of hydrogen-bond acceptors (Lipinski definition) is 2. The fourth-order valence-electron chi connectivity index (χ4n) is 2.68. The first-order valence-electron chi connectivity index (χ1n) is 6.50. The monoisotopic (exact) mass is 228 g/mol. The maximum atomic E-state index is 8.92. The largest absolute Gasteiger partial charge is 0.371 e. The van der Waals surface area contributed by atoms with Crippen molar-refractivity contribution in [1.29, 1.82) is 5.26 Å². The van der Waals surface area contributed by atoms with Crippen LogP contribution in [0.3, 0.4) is 0 Å². The first-order valence-corrected chi connectivity index (χ1v) is 6.50. The van der Waals surface area contributed by atoms with Gasteiger partial charge < -0.3 is 4.90 Å². The van der Waals surface area contributed by atoms with Gasteiger partial charge in [-0.25, -0.2) is 0 Å². The molecule has 1 atom stereocenters. The van der Waals surface area contributed by atoms with Crippen LogP contribution in [0, 0.1) is 24.2 Å². The van der Waals surface area contributed by atoms with Crippen molar-refractivity contribution in [2.45, 2.75) is 33.1 Å². The summed E-state index contributed by atoms with van der Waals surface area (Å²) in [4.78, 5) is 2.45. The summed E-state index contributed by atoms with van der Waals surface area (Å²) in [5.41, 5.74) is 3.15. The summed E-state index contributed by atoms with van der Waals surface area (Å²) >= 11 is 0. The van der Waals surface area contributed by atoms with E-state index in [4.69, 9.17) is 5.26 Å². The van der Waals surface area contributed by atoms with E-state index in [0.717, 1.165) is 23.6 Å². The maximum Gasteiger partial charge on any atom is 0.0994 e. The molecule has 0 saturated carbocycles. The SMILES string of the molecule is CCCC1CCN(c2ccc(C#N)c(C)c2)C1. The normalized spacial score (nSPS) is 19.4. The number of hydrogen-bond donors (Lipinski definition) is 0. The molecule has 0 bridgehead atoms. The van der Waals surface area contributed by atoms with E-state index >= 15 is 0 Å². The second kappa shape index (κ2) is 5.23. The van der Waals surface area contributed by atoms with E-state index in [1.165, 1.54) is 31.5 Å². The Morgan fingerprint density at radius 3 is 2.94 bits per heavy atom. The predicted octanol–water partition coefficient (Wildman–Crippen LogP) is 3.49. The van der Waals surface area contributed by atoms with Crippen molar-refractivity contribution >= 4 is 5.69 Å². The van der Waals surface area contributed by atoms with E-state index < -0.39 is 0 Å². The molecule has 1 aliphatic heterocycles. The highest BCUT2D eigenvalue weighted by Gasteiger charge is 2.21. The summed E-state index contributed by atoms with van der Waals surface area (Å²) in [5, 5.41) is 8.92. The third-order valence-electron chi connectivity index (χ3n) is 3.68. The van der Waals surface area contributed by atoms with E-state index in [2.05, 4.69) is 30.0 Å². The minimum atomic E-state index is 0.790. The molecule has 2 rings (SSSR count). The van der Waals surface area contributed by atoms with Gasteiger partial charge in [-0.3, -0.25) is 0 Å². The summed E-state index contributed by atoms with van der Waals surface area (Å²) in [5.74, 6) is 0.857. The van der Waals surface area contributed by atoms with Gasteiger partial charge in [0.2, 0.25) is 0 Å². The van der Waals surface area contributed by atoms with Crippen molar-refractivity contribution < 1.29 is 0 Å². The van der Waals surface area contributed by atoms with Gasteiger partial charge >= 0.3 is 0 Å². The average Bonchev–Trinajstić information content (AvgIpc) is 2.78. The molecular weight excluding hydrogens is 208 g/mol. The Bertz CT molecular complexity index is 431. The number of rotatable bonds is 3. The minimum Gasteiger partial charge on any atom is -0.371 e. The second-order valence-electron chi connectivity index (χ2n) is 5.00. The van der Waals surface area contributed by atoms with Crippen molar-refractivity contribution in [1.82, 2.24) is 0 Å². The molecule has 1 saturated heterocycles. The third-order valence-corrected chi connectivity index (χ3v) is 3.68. The van der Waals surface area contributed by atoms with E-state index in [1.54, 1.807) is 0 Å². The Morgan fingerprint density at radius 1 is 1.47 bits per heavy atom. The summed E-state index contributed by atoms with van der Waals surface area (Å²) in [6.07, 6.45) is 3.93. The first kappa shape index (κ1) is 12.0. The number of aryl methyl sites for hydroxylation is 1. The van der Waals surface area contributed by atoms with Crippen LogP contribution in [0.25, 0.3) is 0 Å². The van der Waals surface area contributed by atoms with Crippen molar-refractivity contribution in [3.63, 3.8) is 0 Å². The molecule has 1 aromatic rings. The molecule has 1 unspecified atom stereocenters. The van der Waals surface area contributed by atoms with Crippen LogP contribution in [0.1, 0.15) is 37.3 Å². The molecule has 1 heterocycles. The molecule has 0 spiro atoms. The summed E-state index contributed by atoms with van der Waals surface area (Å²) in [7, 11) is 0. The van der Waals surface area contributed by atoms with E-state index in [9.17, 15) is 0 Å². The maximum absolute atomic E-state index is 8.92. The van der Waals surface area contributed by atoms with Crippen LogP contribution < -0.4 is 4.90 Å². The van der Waals surface area contributed by atoms with Gasteiger partial charge in [0.1, 0.15) is 0 Å². The molecule has 1 aromatic carbocycles. The quantitative estimate of drug-likeness (QED) is 0.791. The Balaban J connectivity index is 2.09. The molecular formula is C15H20N2. The lowest BCUT2D eigenvalue weighted by Crippen LogP contribution is -2.19. The van der Waals surface area contributed by atoms with E-state index in [1.807, 2.05) is 13.0 Å². The van der Waals surface area contributed by atoms with Crippen LogP contribution in [-0.2, 0) is 0 Å². The zero-order chi connectivity index (χ0) is 12.3. The van der Waals surface area contributed by atoms with Crippen LogP contribution in [0.5, 0.6) is 0 Å². The molecule has 2 nitrogen and oxygen atoms in total. The van der Waals surface area contributed by atoms with Gasteiger partial charge in [0.25, 0.3) is 0 Å². The van der Waals surface area contributed by atoms with Crippen LogP contribution in [0.4, 0.5) is 5.69 Å². The first-order chi connectivity index (χ1) is 8.24. The molecule has 2 heteroatoms. The van der Waals surface area contributed by atoms with Crippen LogP contribution in [0.15, 0.2) is 18.2 Å². The third kappa shape index (κ3) is 2.61. The number of nitrogens with zero attached hydrogens (tertiary/aromatic N) is 2. The van der Waals surface area contributed by atoms with Crippen LogP contribution in [0.2, 0.25) is 0 Å². The highest BCUT2D eigenvalue weighted by molar-refractivity contribution is 5.54. The highest BCUT2D eigenvalue weighted by Crippen LogP contribution is 2.27. The molecule has 0 radical (unpaired) electrons. The van der Waals surface area contributed by atoms with E-state index in [-0.39, 0.29) is 0 Å². The lowest BCUT2D eigenvalue weighted by Gasteiger charge is -2.19. The number of nitriles is 1. The molecule has 0 amide bonds. The smallest absolute Gasteiger partial charge is 0.0994 e. The molecule has 1 aliphatic rings. The Morgan fingerprint density at radius 2 is 2.29 bits per heavy atom. The topological polar surface area (TPSA) is 27.0 Å². The van der Waals surface area contributed by atoms with Crippen LogP contribution >= 0.6 is 0 Å². The second-order valence-corrected chi connectivity index (χ2v) is 5.00. The van der Waals surface area contributed by atoms with Gasteiger partial charge in [0.05, 0.1) is 11.6 Å². The van der Waals surface area contributed by atoms with Crippen LogP contribution in [-0.4, -0.2) is 13.1 Å². The summed E-state index contributed by atoms with van der Waals surface area (Å²) < 4.78 is 0. The highest BCUT2D eigenvalue weighted by atomic mass is 15.1. The van der Waals surface area contributed by atoms with Gasteiger partial charge in [-0.15, -0.1) is 0 Å². The van der Waals surface area contributed by atoms with Gasteiger partial charge in [-0.1, -0.05) is 13.3 Å². The fourth-order valence-corrected chi connectivity index (χ4v) is 2.68. The fraction of sp³-hybridized carbons (Fsp3) is 0.533. The lowest BCUT2D eigenvalue weighted by molar-refractivity contribution is 0.530.